The Morgan fingerprint density at radius 1 is 0.300 bits per heavy atom. The van der Waals surface area contributed by atoms with Gasteiger partial charge in [-0.2, -0.15) is 0 Å². The van der Waals surface area contributed by atoms with Crippen LogP contribution in [0.2, 0.25) is 0 Å². The first-order valence-electron chi connectivity index (χ1n) is 41.3. The van der Waals surface area contributed by atoms with E-state index in [2.05, 4.69) is 43.5 Å². The number of unbranched alkanes of at least 4 members (excludes halogenated alkanes) is 63. The van der Waals surface area contributed by atoms with Crippen molar-refractivity contribution in [3.05, 3.63) is 36.5 Å². The van der Waals surface area contributed by atoms with Gasteiger partial charge >= 0.3 is 5.97 Å². The SMILES string of the molecule is CCCCCCCCC/C=C\CCCCCCCCCC(=O)OCCCCCCCCCCCCCC/C=C\CCCCCCCCCCCCCCCCCCCC(=O)NC(CO)C(O)/C=C/CCCCCCCCCCCCCCCCCCCCCC. The molecule has 0 aromatic heterocycles. The largest absolute Gasteiger partial charge is 0.466 e. The Morgan fingerprint density at radius 3 is 0.789 bits per heavy atom. The molecule has 1 amide bonds. The average Bonchev–Trinajstić information content (AvgIpc) is 3.59. The van der Waals surface area contributed by atoms with Gasteiger partial charge in [-0.05, 0) is 83.5 Å². The molecule has 6 nitrogen and oxygen atoms in total. The predicted octanol–water partition coefficient (Wildman–Crippen LogP) is 27.4. The number of aliphatic hydroxyl groups is 2. The van der Waals surface area contributed by atoms with Crippen molar-refractivity contribution in [3.8, 4) is 0 Å². The molecule has 0 fully saturated rings. The van der Waals surface area contributed by atoms with Crippen LogP contribution >= 0.6 is 0 Å². The first-order chi connectivity index (χ1) is 44.5. The molecule has 3 N–H and O–H groups in total. The normalized spacial score (nSPS) is 12.6. The molecule has 0 radical (unpaired) electrons. The molecule has 0 rings (SSSR count). The molecule has 0 aromatic carbocycles. The number of allylic oxidation sites excluding steroid dienone is 5. The van der Waals surface area contributed by atoms with Crippen LogP contribution in [0.15, 0.2) is 36.5 Å². The number of carbonyl (C=O) groups excluding carboxylic acids is 2. The van der Waals surface area contributed by atoms with E-state index in [1.807, 2.05) is 6.08 Å². The molecule has 0 saturated carbocycles. The van der Waals surface area contributed by atoms with E-state index in [1.165, 1.54) is 392 Å². The summed E-state index contributed by atoms with van der Waals surface area (Å²) < 4.78 is 5.51. The summed E-state index contributed by atoms with van der Waals surface area (Å²) in [5.41, 5.74) is 0. The van der Waals surface area contributed by atoms with Crippen molar-refractivity contribution < 1.29 is 24.5 Å². The van der Waals surface area contributed by atoms with Crippen molar-refractivity contribution in [2.24, 2.45) is 0 Å². The summed E-state index contributed by atoms with van der Waals surface area (Å²) in [4.78, 5) is 24.7. The third-order valence-corrected chi connectivity index (χ3v) is 19.4. The van der Waals surface area contributed by atoms with Crippen LogP contribution in [-0.4, -0.2) is 47.4 Å². The van der Waals surface area contributed by atoms with E-state index in [9.17, 15) is 19.8 Å². The van der Waals surface area contributed by atoms with Gasteiger partial charge in [-0.15, -0.1) is 0 Å². The Morgan fingerprint density at radius 2 is 0.522 bits per heavy atom. The number of amides is 1. The number of rotatable bonds is 78. The van der Waals surface area contributed by atoms with Gasteiger partial charge in [0.25, 0.3) is 0 Å². The minimum absolute atomic E-state index is 0.0164. The van der Waals surface area contributed by atoms with Crippen molar-refractivity contribution in [2.75, 3.05) is 13.2 Å². The number of carbonyl (C=O) groups is 2. The summed E-state index contributed by atoms with van der Waals surface area (Å²) in [7, 11) is 0. The molecule has 6 heteroatoms. The zero-order chi connectivity index (χ0) is 64.9. The predicted molar refractivity (Wildman–Crippen MR) is 398 cm³/mol. The Hall–Kier alpha value is -1.92. The van der Waals surface area contributed by atoms with E-state index in [4.69, 9.17) is 4.74 Å². The topological polar surface area (TPSA) is 95.9 Å². The number of esters is 1. The molecule has 0 spiro atoms. The van der Waals surface area contributed by atoms with Crippen LogP contribution in [0.3, 0.4) is 0 Å². The lowest BCUT2D eigenvalue weighted by molar-refractivity contribution is -0.143. The van der Waals surface area contributed by atoms with Crippen LogP contribution in [0.5, 0.6) is 0 Å². The van der Waals surface area contributed by atoms with Crippen LogP contribution in [0, 0.1) is 0 Å². The van der Waals surface area contributed by atoms with Gasteiger partial charge in [0.05, 0.1) is 25.4 Å². The Bertz CT molecular complexity index is 1460. The highest BCUT2D eigenvalue weighted by Crippen LogP contribution is 2.20. The van der Waals surface area contributed by atoms with Crippen molar-refractivity contribution in [1.82, 2.24) is 5.32 Å². The quantitative estimate of drug-likeness (QED) is 0.0320. The summed E-state index contributed by atoms with van der Waals surface area (Å²) in [6.45, 7) is 4.95. The second-order valence-corrected chi connectivity index (χ2v) is 28.4. The fraction of sp³-hybridized carbons (Fsp3) is 0.905. The van der Waals surface area contributed by atoms with Crippen LogP contribution in [0.25, 0.3) is 0 Å². The summed E-state index contributed by atoms with van der Waals surface area (Å²) in [6.07, 6.45) is 104. The third kappa shape index (κ3) is 75.1. The number of hydrogen-bond acceptors (Lipinski definition) is 5. The van der Waals surface area contributed by atoms with Gasteiger partial charge in [0.15, 0.2) is 0 Å². The lowest BCUT2D eigenvalue weighted by atomic mass is 10.0. The molecular weight excluding hydrogens is 1100 g/mol. The third-order valence-electron chi connectivity index (χ3n) is 19.4. The maximum absolute atomic E-state index is 12.6. The summed E-state index contributed by atoms with van der Waals surface area (Å²) in [5, 5.41) is 23.3. The lowest BCUT2D eigenvalue weighted by Crippen LogP contribution is -2.45. The van der Waals surface area contributed by atoms with E-state index in [-0.39, 0.29) is 18.5 Å². The molecule has 0 saturated heterocycles. The second-order valence-electron chi connectivity index (χ2n) is 28.4. The molecule has 0 aliphatic rings. The van der Waals surface area contributed by atoms with Gasteiger partial charge in [0.1, 0.15) is 0 Å². The molecule has 0 bridgehead atoms. The van der Waals surface area contributed by atoms with E-state index in [1.54, 1.807) is 6.08 Å². The van der Waals surface area contributed by atoms with E-state index >= 15 is 0 Å². The summed E-state index contributed by atoms with van der Waals surface area (Å²) >= 11 is 0. The standard InChI is InChI=1S/C84H161NO5/c1-3-5-7-9-11-13-15-17-19-21-23-24-38-41-44-48-52-56-60-64-68-72-76-82(87)81(80-86)85-83(88)77-73-69-65-61-57-53-49-45-42-39-36-34-32-30-28-26-25-27-29-31-33-35-37-40-43-47-51-55-59-63-67-71-75-79-90-84(89)78-74-70-66-62-58-54-50-46-22-20-18-16-14-12-10-8-6-4-2/h20,22,29,31,72,76,81-82,86-87H,3-19,21,23-28,30,32-71,73-75,77-80H2,1-2H3,(H,85,88)/b22-20-,31-29-,76-72+. The number of ether oxygens (including phenoxy) is 1. The summed E-state index contributed by atoms with van der Waals surface area (Å²) in [6, 6.07) is -0.627. The zero-order valence-corrected chi connectivity index (χ0v) is 61.1. The van der Waals surface area contributed by atoms with Crippen LogP contribution in [0.1, 0.15) is 463 Å². The van der Waals surface area contributed by atoms with Crippen molar-refractivity contribution in [3.63, 3.8) is 0 Å². The molecule has 90 heavy (non-hydrogen) atoms. The van der Waals surface area contributed by atoms with Crippen molar-refractivity contribution in [2.45, 2.75) is 475 Å². The van der Waals surface area contributed by atoms with E-state index < -0.39 is 12.1 Å². The fourth-order valence-corrected chi connectivity index (χ4v) is 13.1. The van der Waals surface area contributed by atoms with Gasteiger partial charge in [-0.3, -0.25) is 9.59 Å². The number of nitrogens with one attached hydrogen (secondary N) is 1. The molecule has 0 heterocycles. The Kier molecular flexibility index (Phi) is 77.8. The number of hydrogen-bond donors (Lipinski definition) is 3. The zero-order valence-electron chi connectivity index (χ0n) is 61.1. The molecular formula is C84H161NO5. The fourth-order valence-electron chi connectivity index (χ4n) is 13.1. The van der Waals surface area contributed by atoms with Gasteiger partial charge in [-0.25, -0.2) is 0 Å². The molecule has 0 aliphatic heterocycles. The molecule has 2 atom stereocenters. The van der Waals surface area contributed by atoms with Gasteiger partial charge in [0.2, 0.25) is 5.91 Å². The Labute approximate surface area is 564 Å². The van der Waals surface area contributed by atoms with Crippen molar-refractivity contribution >= 4 is 11.9 Å². The maximum Gasteiger partial charge on any atom is 0.305 e. The van der Waals surface area contributed by atoms with Gasteiger partial charge in [-0.1, -0.05) is 403 Å². The number of aliphatic hydroxyl groups excluding tert-OH is 2. The minimum atomic E-state index is -0.844. The smallest absolute Gasteiger partial charge is 0.305 e. The average molecular weight is 1270 g/mol. The van der Waals surface area contributed by atoms with Gasteiger partial charge in [0, 0.05) is 12.8 Å². The van der Waals surface area contributed by atoms with Crippen LogP contribution in [0.4, 0.5) is 0 Å². The summed E-state index contributed by atoms with van der Waals surface area (Å²) in [5.74, 6) is -0.0436. The highest BCUT2D eigenvalue weighted by molar-refractivity contribution is 5.76. The van der Waals surface area contributed by atoms with Gasteiger partial charge < -0.3 is 20.3 Å². The molecule has 0 aromatic rings. The monoisotopic (exact) mass is 1260 g/mol. The maximum atomic E-state index is 12.6. The Balaban J connectivity index is 3.37. The molecule has 0 aliphatic carbocycles. The van der Waals surface area contributed by atoms with Crippen LogP contribution < -0.4 is 5.32 Å². The highest BCUT2D eigenvalue weighted by Gasteiger charge is 2.18. The first-order valence-corrected chi connectivity index (χ1v) is 41.3. The first kappa shape index (κ1) is 88.1. The second kappa shape index (κ2) is 79.5. The highest BCUT2D eigenvalue weighted by atomic mass is 16.5. The van der Waals surface area contributed by atoms with Crippen LogP contribution in [-0.2, 0) is 14.3 Å². The lowest BCUT2D eigenvalue weighted by Gasteiger charge is -2.20. The van der Waals surface area contributed by atoms with E-state index in [0.717, 1.165) is 44.9 Å². The van der Waals surface area contributed by atoms with Crippen molar-refractivity contribution in [1.29, 1.82) is 0 Å². The minimum Gasteiger partial charge on any atom is -0.466 e. The molecule has 2 unspecified atom stereocenters. The van der Waals surface area contributed by atoms with E-state index in [0.29, 0.717) is 19.4 Å². The molecule has 532 valence electrons.